The molecule has 0 saturated heterocycles. The average molecular weight is 1600 g/mol. The van der Waals surface area contributed by atoms with Crippen molar-refractivity contribution in [2.45, 2.75) is 172 Å². The molecule has 25 nitrogen and oxygen atoms in total. The van der Waals surface area contributed by atoms with E-state index in [-0.39, 0.29) is 89.3 Å². The number of rotatable bonds is 10. The fourth-order valence-corrected chi connectivity index (χ4v) is 10.8. The molecule has 546 valence electrons. The highest BCUT2D eigenvalue weighted by atomic mass is 127. The van der Waals surface area contributed by atoms with E-state index in [2.05, 4.69) is 88.4 Å². The average Bonchev–Trinajstić information content (AvgIpc) is 0.780. The van der Waals surface area contributed by atoms with Gasteiger partial charge in [0.05, 0.1) is 63.0 Å². The molecule has 15 N–H and O–H groups in total. The van der Waals surface area contributed by atoms with Gasteiger partial charge in [-0.05, 0) is 104 Å². The van der Waals surface area contributed by atoms with Crippen LogP contribution in [-0.4, -0.2) is 108 Å². The number of nitrogens with two attached hydrogens (primary N) is 5. The molecule has 30 heteroatoms. The normalized spacial score (nSPS) is 11.9. The summed E-state index contributed by atoms with van der Waals surface area (Å²) < 4.78 is 56.4. The minimum atomic E-state index is -0.842. The third kappa shape index (κ3) is 18.1. The monoisotopic (exact) mass is 1590 g/mol. The van der Waals surface area contributed by atoms with Crippen molar-refractivity contribution < 1.29 is 58.0 Å². The van der Waals surface area contributed by atoms with E-state index in [4.69, 9.17) is 64.0 Å². The molecular weight excluding hydrogens is 1500 g/mol. The first kappa shape index (κ1) is 81.1. The molecule has 0 fully saturated rings. The largest absolute Gasteiger partial charge is 0.503 e. The Labute approximate surface area is 613 Å². The zero-order valence-corrected chi connectivity index (χ0v) is 65.4. The highest BCUT2D eigenvalue weighted by molar-refractivity contribution is 14.1. The number of fused-ring (bicyclic) bond motifs is 5. The fraction of sp³-hybridized carbons (Fsp3) is 0.437. The second-order valence-electron chi connectivity index (χ2n) is 28.2. The SMILES string of the molecule is CCOc1c(O)c(F)c2nc(C(C)(C)C)nc(N)c2c1C.CCOc1cc2c(N)nc(C(C)(C)C)nc2c(Br)c1O.CCOc1cc2c(N)nc(C(C)(C)C)nc2c(Cl)c1O.CCOc1cc2c(N)nc(C(C)(C)C)nc2c(F)c1O.CCOc1cc2c(N)nc(C(C)(C)C)nc2c(I)c1O. The van der Waals surface area contributed by atoms with Crippen molar-refractivity contribution in [2.24, 2.45) is 0 Å². The second-order valence-corrected chi connectivity index (χ2v) is 30.4. The number of aromatic hydroxyl groups is 5. The first-order valence-electron chi connectivity index (χ1n) is 32.3. The van der Waals surface area contributed by atoms with Crippen molar-refractivity contribution in [1.82, 2.24) is 49.8 Å². The molecule has 0 spiro atoms. The summed E-state index contributed by atoms with van der Waals surface area (Å²) in [5.41, 5.74) is 30.7. The van der Waals surface area contributed by atoms with Crippen LogP contribution < -0.4 is 52.4 Å². The Bertz CT molecular complexity index is 4290. The molecule has 0 unspecified atom stereocenters. The number of hydrogen-bond donors (Lipinski definition) is 10. The van der Waals surface area contributed by atoms with Crippen LogP contribution in [0.1, 0.15) is 173 Å². The van der Waals surface area contributed by atoms with Crippen molar-refractivity contribution in [1.29, 1.82) is 0 Å². The Morgan fingerprint density at radius 3 is 1.07 bits per heavy atom. The van der Waals surface area contributed by atoms with E-state index in [1.807, 2.05) is 125 Å². The van der Waals surface area contributed by atoms with Crippen LogP contribution >= 0.6 is 50.1 Å². The van der Waals surface area contributed by atoms with Crippen LogP contribution in [0.15, 0.2) is 28.7 Å². The summed E-state index contributed by atoms with van der Waals surface area (Å²) in [7, 11) is 0. The number of phenols is 5. The Morgan fingerprint density at radius 2 is 0.683 bits per heavy atom. The van der Waals surface area contributed by atoms with Gasteiger partial charge in [-0.1, -0.05) is 115 Å². The minimum Gasteiger partial charge on any atom is -0.503 e. The number of nitrogen functional groups attached to an aromatic ring is 5. The summed E-state index contributed by atoms with van der Waals surface area (Å²) in [6, 6.07) is 6.43. The zero-order valence-electron chi connectivity index (χ0n) is 60.9. The topological polar surface area (TPSA) is 406 Å². The molecule has 0 bridgehead atoms. The molecule has 101 heavy (non-hydrogen) atoms. The summed E-state index contributed by atoms with van der Waals surface area (Å²) in [5, 5.41) is 52.9. The van der Waals surface area contributed by atoms with Gasteiger partial charge in [-0.25, -0.2) is 58.6 Å². The predicted octanol–water partition coefficient (Wildman–Crippen LogP) is 15.7. The minimum absolute atomic E-state index is 0.00313. The van der Waals surface area contributed by atoms with Gasteiger partial charge < -0.3 is 77.9 Å². The summed E-state index contributed by atoms with van der Waals surface area (Å²) in [6.45, 7) is 42.1. The Kier molecular flexibility index (Phi) is 25.4. The van der Waals surface area contributed by atoms with E-state index in [0.717, 1.165) is 0 Å². The van der Waals surface area contributed by atoms with Crippen LogP contribution in [0.25, 0.3) is 54.5 Å². The van der Waals surface area contributed by atoms with Gasteiger partial charge in [0.15, 0.2) is 69.1 Å². The van der Waals surface area contributed by atoms with E-state index in [0.29, 0.717) is 148 Å². The van der Waals surface area contributed by atoms with E-state index >= 15 is 0 Å². The third-order valence-electron chi connectivity index (χ3n) is 14.7. The maximum absolute atomic E-state index is 14.4. The molecule has 0 aliphatic carbocycles. The van der Waals surface area contributed by atoms with Crippen LogP contribution in [0, 0.1) is 22.1 Å². The van der Waals surface area contributed by atoms with E-state index in [1.165, 1.54) is 6.07 Å². The van der Waals surface area contributed by atoms with E-state index in [1.54, 1.807) is 39.0 Å². The summed E-state index contributed by atoms with van der Waals surface area (Å²) >= 11 is 11.6. The van der Waals surface area contributed by atoms with Gasteiger partial charge in [0.25, 0.3) is 0 Å². The molecule has 10 rings (SSSR count). The summed E-state index contributed by atoms with van der Waals surface area (Å²) in [5.74, 6) is 2.55. The molecule has 0 aliphatic heterocycles. The number of ether oxygens (including phenoxy) is 5. The third-order valence-corrected chi connectivity index (χ3v) is 16.9. The molecular formula is C71H92BrClF2IN15O10. The summed E-state index contributed by atoms with van der Waals surface area (Å²) in [4.78, 5) is 43.5. The van der Waals surface area contributed by atoms with Crippen molar-refractivity contribution in [2.75, 3.05) is 61.7 Å². The molecule has 0 atom stereocenters. The lowest BCUT2D eigenvalue weighted by Gasteiger charge is -2.19. The first-order valence-corrected chi connectivity index (χ1v) is 34.5. The molecule has 0 radical (unpaired) electrons. The zero-order chi connectivity index (χ0) is 76.3. The fourth-order valence-electron chi connectivity index (χ4n) is 9.43. The number of anilines is 5. The van der Waals surface area contributed by atoms with Gasteiger partial charge in [0.1, 0.15) is 74.3 Å². The Balaban J connectivity index is 0.000000199. The van der Waals surface area contributed by atoms with Crippen LogP contribution in [0.5, 0.6) is 57.5 Å². The van der Waals surface area contributed by atoms with Gasteiger partial charge >= 0.3 is 0 Å². The maximum Gasteiger partial charge on any atom is 0.196 e. The summed E-state index contributed by atoms with van der Waals surface area (Å²) in [6.07, 6.45) is 0. The number of halogens is 5. The van der Waals surface area contributed by atoms with Crippen molar-refractivity contribution in [3.8, 4) is 57.5 Å². The van der Waals surface area contributed by atoms with Crippen LogP contribution in [0.2, 0.25) is 5.02 Å². The van der Waals surface area contributed by atoms with Crippen molar-refractivity contribution in [3.63, 3.8) is 0 Å². The first-order chi connectivity index (χ1) is 46.7. The van der Waals surface area contributed by atoms with Gasteiger partial charge in [0, 0.05) is 54.2 Å². The number of aryl methyl sites for hydroxylation is 1. The second kappa shape index (κ2) is 31.6. The van der Waals surface area contributed by atoms with Crippen LogP contribution in [0.4, 0.5) is 37.9 Å². The number of hydrogen-bond acceptors (Lipinski definition) is 25. The lowest BCUT2D eigenvalue weighted by atomic mass is 9.95. The quantitative estimate of drug-likeness (QED) is 0.0569. The van der Waals surface area contributed by atoms with Crippen molar-refractivity contribution in [3.05, 3.63) is 83.7 Å². The Hall–Kier alpha value is -8.84. The lowest BCUT2D eigenvalue weighted by Crippen LogP contribution is -2.18. The number of aromatic nitrogens is 10. The lowest BCUT2D eigenvalue weighted by molar-refractivity contribution is 0.309. The van der Waals surface area contributed by atoms with E-state index in [9.17, 15) is 34.3 Å². The number of benzene rings is 5. The Morgan fingerprint density at radius 1 is 0.396 bits per heavy atom. The molecule has 0 amide bonds. The van der Waals surface area contributed by atoms with Crippen LogP contribution in [0.3, 0.4) is 0 Å². The molecule has 5 aromatic heterocycles. The smallest absolute Gasteiger partial charge is 0.196 e. The molecule has 0 aliphatic rings. The maximum atomic E-state index is 14.4. The van der Waals surface area contributed by atoms with E-state index < -0.39 is 23.1 Å². The molecule has 0 saturated carbocycles. The number of nitrogens with zero attached hydrogens (tertiary/aromatic N) is 10. The highest BCUT2D eigenvalue weighted by Gasteiger charge is 2.30. The number of phenolic OH excluding ortho intramolecular Hbond substituents is 5. The standard InChI is InChI=1S/C15H20FN3O2.C14H18BrN3O2.C14H18ClN3O2.C14H18FN3O2.C14H18IN3O2/c1-6-21-12-7(2)8-10(9(16)11(12)20)18-14(15(3,4)5)19-13(8)17;4*1-5-20-8-6-7-10(9(15)11(8)19)17-13(14(2,3)4)18-12(7)16/h20H,6H2,1-5H3,(H2,17,18,19);4*6,19H,5H2,1-4H3,(H2,16,17,18). The van der Waals surface area contributed by atoms with Gasteiger partial charge in [-0.15, -0.1) is 0 Å². The highest BCUT2D eigenvalue weighted by Crippen LogP contribution is 2.46. The van der Waals surface area contributed by atoms with Gasteiger partial charge in [0.2, 0.25) is 0 Å². The predicted molar refractivity (Wildman–Crippen MR) is 408 cm³/mol. The molecule has 5 heterocycles. The molecule has 5 aromatic carbocycles. The molecule has 10 aromatic rings. The van der Waals surface area contributed by atoms with Gasteiger partial charge in [-0.3, -0.25) is 0 Å². The van der Waals surface area contributed by atoms with Gasteiger partial charge in [-0.2, -0.15) is 0 Å². The van der Waals surface area contributed by atoms with Crippen molar-refractivity contribution >= 4 is 134 Å². The van der Waals surface area contributed by atoms with Crippen LogP contribution in [-0.2, 0) is 27.1 Å².